The van der Waals surface area contributed by atoms with Gasteiger partial charge in [0.1, 0.15) is 17.9 Å². The van der Waals surface area contributed by atoms with Crippen LogP contribution in [-0.2, 0) is 6.61 Å². The average molecular weight is 371 g/mol. The van der Waals surface area contributed by atoms with Crippen LogP contribution in [0.5, 0.6) is 5.75 Å². The molecule has 0 aliphatic heterocycles. The van der Waals surface area contributed by atoms with Crippen LogP contribution in [0.3, 0.4) is 0 Å². The van der Waals surface area contributed by atoms with E-state index >= 15 is 0 Å². The monoisotopic (exact) mass is 371 g/mol. The predicted octanol–water partition coefficient (Wildman–Crippen LogP) is 5.68. The van der Waals surface area contributed by atoms with E-state index in [0.29, 0.717) is 17.9 Å². The van der Waals surface area contributed by atoms with E-state index < -0.39 is 0 Å². The van der Waals surface area contributed by atoms with Gasteiger partial charge in [0, 0.05) is 23.2 Å². The summed E-state index contributed by atoms with van der Waals surface area (Å²) in [6.07, 6.45) is 0. The number of para-hydroxylation sites is 3. The smallest absolute Gasteiger partial charge is 0.294 e. The van der Waals surface area contributed by atoms with Crippen LogP contribution in [0.15, 0.2) is 89.3 Å². The van der Waals surface area contributed by atoms with Gasteiger partial charge in [-0.2, -0.15) is 0 Å². The number of hydrogen-bond donors (Lipinski definition) is 0. The van der Waals surface area contributed by atoms with Crippen LogP contribution in [0.2, 0.25) is 0 Å². The lowest BCUT2D eigenvalue weighted by molar-refractivity contribution is 0.0960. The van der Waals surface area contributed by atoms with E-state index in [-0.39, 0.29) is 12.5 Å². The maximum atomic E-state index is 13.4. The quantitative estimate of drug-likeness (QED) is 0.438. The largest absolute Gasteiger partial charge is 0.489 e. The molecule has 0 fully saturated rings. The van der Waals surface area contributed by atoms with Gasteiger partial charge >= 0.3 is 0 Å². The van der Waals surface area contributed by atoms with Crippen LogP contribution in [-0.4, -0.2) is 12.5 Å². The summed E-state index contributed by atoms with van der Waals surface area (Å²) in [5, 5.41) is 0.894. The molecule has 0 saturated carbocycles. The van der Waals surface area contributed by atoms with E-state index in [4.69, 9.17) is 9.15 Å². The van der Waals surface area contributed by atoms with E-state index in [1.54, 1.807) is 4.90 Å². The van der Waals surface area contributed by atoms with Gasteiger partial charge in [-0.1, -0.05) is 54.6 Å². The molecule has 4 aromatic rings. The Bertz CT molecular complexity index is 1070. The Hall–Kier alpha value is -3.53. The van der Waals surface area contributed by atoms with Gasteiger partial charge < -0.3 is 14.1 Å². The number of furan rings is 1. The van der Waals surface area contributed by atoms with Crippen LogP contribution >= 0.6 is 0 Å². The predicted molar refractivity (Wildman–Crippen MR) is 111 cm³/mol. The van der Waals surface area contributed by atoms with Crippen molar-refractivity contribution in [1.82, 2.24) is 0 Å². The summed E-state index contributed by atoms with van der Waals surface area (Å²) in [5.41, 5.74) is 2.28. The highest BCUT2D eigenvalue weighted by Crippen LogP contribution is 2.29. The van der Waals surface area contributed by atoms with Gasteiger partial charge in [0.25, 0.3) is 5.91 Å². The first-order valence-corrected chi connectivity index (χ1v) is 9.33. The van der Waals surface area contributed by atoms with Crippen molar-refractivity contribution in [1.29, 1.82) is 0 Å². The Balaban J connectivity index is 1.72. The van der Waals surface area contributed by atoms with Crippen molar-refractivity contribution in [2.75, 3.05) is 11.4 Å². The number of carbonyl (C=O) groups excluding carboxylic acids is 1. The summed E-state index contributed by atoms with van der Waals surface area (Å²) >= 11 is 0. The fourth-order valence-electron chi connectivity index (χ4n) is 3.26. The van der Waals surface area contributed by atoms with Crippen molar-refractivity contribution in [3.63, 3.8) is 0 Å². The molecule has 4 rings (SSSR count). The maximum Gasteiger partial charge on any atom is 0.294 e. The van der Waals surface area contributed by atoms with Crippen molar-refractivity contribution < 1.29 is 13.9 Å². The average Bonchev–Trinajstić information content (AvgIpc) is 3.13. The van der Waals surface area contributed by atoms with Crippen molar-refractivity contribution in [3.05, 3.63) is 96.3 Å². The molecule has 4 nitrogen and oxygen atoms in total. The second kappa shape index (κ2) is 8.01. The molecule has 0 bridgehead atoms. The van der Waals surface area contributed by atoms with Gasteiger partial charge in [-0.05, 0) is 37.3 Å². The van der Waals surface area contributed by atoms with Gasteiger partial charge in [-0.15, -0.1) is 0 Å². The fraction of sp³-hybridized carbons (Fsp3) is 0.125. The lowest BCUT2D eigenvalue weighted by Crippen LogP contribution is -2.31. The first-order chi connectivity index (χ1) is 13.8. The van der Waals surface area contributed by atoms with Gasteiger partial charge in [-0.3, -0.25) is 4.79 Å². The molecule has 0 N–H and O–H groups in total. The van der Waals surface area contributed by atoms with Crippen molar-refractivity contribution >= 4 is 22.6 Å². The molecule has 0 spiro atoms. The molecule has 0 radical (unpaired) electrons. The third-order valence-electron chi connectivity index (χ3n) is 4.65. The topological polar surface area (TPSA) is 42.7 Å². The minimum Gasteiger partial charge on any atom is -0.489 e. The highest BCUT2D eigenvalue weighted by atomic mass is 16.5. The lowest BCUT2D eigenvalue weighted by Gasteiger charge is -2.20. The molecule has 0 aliphatic carbocycles. The molecule has 28 heavy (non-hydrogen) atoms. The standard InChI is InChI=1S/C24H21NO3/c1-2-25(18-11-5-3-6-12-18)24(26)23-21(17-27-19-13-7-4-8-14-19)20-15-9-10-16-22(20)28-23/h3-16H,2,17H2,1H3. The van der Waals surface area contributed by atoms with Crippen LogP contribution < -0.4 is 9.64 Å². The normalized spacial score (nSPS) is 10.8. The molecular formula is C24H21NO3. The SMILES string of the molecule is CCN(C(=O)c1oc2ccccc2c1COc1ccccc1)c1ccccc1. The van der Waals surface area contributed by atoms with E-state index in [1.165, 1.54) is 0 Å². The summed E-state index contributed by atoms with van der Waals surface area (Å²) in [4.78, 5) is 15.1. The van der Waals surface area contributed by atoms with E-state index in [9.17, 15) is 4.79 Å². The number of anilines is 1. The maximum absolute atomic E-state index is 13.4. The zero-order chi connectivity index (χ0) is 19.3. The Morgan fingerprint density at radius 2 is 1.54 bits per heavy atom. The first-order valence-electron chi connectivity index (χ1n) is 9.33. The van der Waals surface area contributed by atoms with Crippen LogP contribution in [0, 0.1) is 0 Å². The second-order valence-electron chi connectivity index (χ2n) is 6.39. The third-order valence-corrected chi connectivity index (χ3v) is 4.65. The van der Waals surface area contributed by atoms with Gasteiger partial charge in [0.2, 0.25) is 0 Å². The Kier molecular flexibility index (Phi) is 5.11. The number of carbonyl (C=O) groups is 1. The summed E-state index contributed by atoms with van der Waals surface area (Å²) in [6, 6.07) is 26.8. The molecule has 1 heterocycles. The fourth-order valence-corrected chi connectivity index (χ4v) is 3.26. The third kappa shape index (κ3) is 3.49. The number of ether oxygens (including phenoxy) is 1. The van der Waals surface area contributed by atoms with Crippen LogP contribution in [0.4, 0.5) is 5.69 Å². The number of amides is 1. The molecule has 0 unspecified atom stereocenters. The van der Waals surface area contributed by atoms with Gasteiger partial charge in [0.05, 0.1) is 0 Å². The van der Waals surface area contributed by atoms with E-state index in [2.05, 4.69) is 0 Å². The molecule has 140 valence electrons. The lowest BCUT2D eigenvalue weighted by atomic mass is 10.1. The molecule has 4 heteroatoms. The summed E-state index contributed by atoms with van der Waals surface area (Å²) in [6.45, 7) is 2.75. The molecular weight excluding hydrogens is 350 g/mol. The minimum atomic E-state index is -0.170. The van der Waals surface area contributed by atoms with Crippen LogP contribution in [0.25, 0.3) is 11.0 Å². The molecule has 1 aromatic heterocycles. The molecule has 1 amide bonds. The Labute approximate surface area is 164 Å². The first kappa shape index (κ1) is 17.9. The minimum absolute atomic E-state index is 0.170. The number of rotatable bonds is 6. The number of fused-ring (bicyclic) bond motifs is 1. The van der Waals surface area contributed by atoms with Crippen molar-refractivity contribution in [2.45, 2.75) is 13.5 Å². The molecule has 0 saturated heterocycles. The number of nitrogens with zero attached hydrogens (tertiary/aromatic N) is 1. The molecule has 0 aliphatic rings. The zero-order valence-corrected chi connectivity index (χ0v) is 15.7. The molecule has 3 aromatic carbocycles. The van der Waals surface area contributed by atoms with Gasteiger partial charge in [0.15, 0.2) is 5.76 Å². The van der Waals surface area contributed by atoms with Crippen LogP contribution in [0.1, 0.15) is 23.0 Å². The number of benzene rings is 3. The van der Waals surface area contributed by atoms with E-state index in [0.717, 1.165) is 22.4 Å². The van der Waals surface area contributed by atoms with Gasteiger partial charge in [-0.25, -0.2) is 0 Å². The second-order valence-corrected chi connectivity index (χ2v) is 6.39. The van der Waals surface area contributed by atoms with E-state index in [1.807, 2.05) is 91.9 Å². The molecule has 0 atom stereocenters. The Morgan fingerprint density at radius 1 is 0.893 bits per heavy atom. The summed E-state index contributed by atoms with van der Waals surface area (Å²) in [7, 11) is 0. The Morgan fingerprint density at radius 3 is 2.25 bits per heavy atom. The van der Waals surface area contributed by atoms with Crippen molar-refractivity contribution in [2.24, 2.45) is 0 Å². The summed E-state index contributed by atoms with van der Waals surface area (Å²) < 4.78 is 11.9. The highest BCUT2D eigenvalue weighted by molar-refractivity contribution is 6.08. The zero-order valence-electron chi connectivity index (χ0n) is 15.7. The number of hydrogen-bond acceptors (Lipinski definition) is 3. The highest BCUT2D eigenvalue weighted by Gasteiger charge is 2.25. The van der Waals surface area contributed by atoms with Crippen molar-refractivity contribution in [3.8, 4) is 5.75 Å². The summed E-state index contributed by atoms with van der Waals surface area (Å²) in [5.74, 6) is 0.904.